The molecule has 2 aromatic heterocycles. The Hall–Kier alpha value is -2.14. The minimum atomic E-state index is -0.962. The first-order valence-electron chi connectivity index (χ1n) is 6.00. The minimum Gasteiger partial charge on any atom is -0.478 e. The highest BCUT2D eigenvalue weighted by atomic mass is 16.4. The number of hydrogen-bond donors (Lipinski definition) is 2. The first-order chi connectivity index (χ1) is 9.08. The summed E-state index contributed by atoms with van der Waals surface area (Å²) in [5.41, 5.74) is 2.50. The van der Waals surface area contributed by atoms with Gasteiger partial charge in [-0.15, -0.1) is 0 Å². The molecule has 0 unspecified atom stereocenters. The number of rotatable bonds is 5. The number of hydrogen-bond acceptors (Lipinski definition) is 4. The number of pyridine rings is 1. The Morgan fingerprint density at radius 1 is 1.42 bits per heavy atom. The van der Waals surface area contributed by atoms with Crippen molar-refractivity contribution in [2.75, 3.05) is 0 Å². The number of aromatic carboxylic acids is 1. The molecule has 19 heavy (non-hydrogen) atoms. The number of nitrogens with one attached hydrogen (secondary N) is 1. The van der Waals surface area contributed by atoms with E-state index in [1.807, 2.05) is 19.2 Å². The number of carboxylic acid groups (broad SMARTS) is 1. The molecule has 0 fully saturated rings. The predicted molar refractivity (Wildman–Crippen MR) is 69.9 cm³/mol. The lowest BCUT2D eigenvalue weighted by Crippen LogP contribution is -2.13. The summed E-state index contributed by atoms with van der Waals surface area (Å²) in [7, 11) is 0. The van der Waals surface area contributed by atoms with Crippen LogP contribution < -0.4 is 5.32 Å². The van der Waals surface area contributed by atoms with E-state index in [2.05, 4.69) is 10.3 Å². The summed E-state index contributed by atoms with van der Waals surface area (Å²) in [6, 6.07) is 3.51. The first-order valence-corrected chi connectivity index (χ1v) is 6.00. The average Bonchev–Trinajstić information content (AvgIpc) is 2.73. The van der Waals surface area contributed by atoms with E-state index < -0.39 is 5.97 Å². The molecule has 5 heteroatoms. The van der Waals surface area contributed by atoms with Crippen molar-refractivity contribution in [2.24, 2.45) is 0 Å². The van der Waals surface area contributed by atoms with Gasteiger partial charge in [-0.2, -0.15) is 0 Å². The monoisotopic (exact) mass is 260 g/mol. The quantitative estimate of drug-likeness (QED) is 0.862. The Bertz CT molecular complexity index is 590. The maximum Gasteiger partial charge on any atom is 0.339 e. The summed E-state index contributed by atoms with van der Waals surface area (Å²) < 4.78 is 5.39. The highest BCUT2D eigenvalue weighted by Crippen LogP contribution is 2.14. The van der Waals surface area contributed by atoms with Crippen LogP contribution in [-0.4, -0.2) is 16.1 Å². The molecule has 100 valence electrons. The molecule has 0 radical (unpaired) electrons. The van der Waals surface area contributed by atoms with Gasteiger partial charge in [-0.05, 0) is 37.1 Å². The molecule has 2 heterocycles. The van der Waals surface area contributed by atoms with Crippen LogP contribution in [0.2, 0.25) is 0 Å². The fourth-order valence-electron chi connectivity index (χ4n) is 1.85. The van der Waals surface area contributed by atoms with Crippen LogP contribution in [0.3, 0.4) is 0 Å². The molecular weight excluding hydrogens is 244 g/mol. The maximum atomic E-state index is 10.9. The molecule has 0 aromatic carbocycles. The molecule has 0 spiro atoms. The van der Waals surface area contributed by atoms with Gasteiger partial charge in [0.25, 0.3) is 0 Å². The van der Waals surface area contributed by atoms with Crippen molar-refractivity contribution in [3.05, 3.63) is 52.7 Å². The zero-order chi connectivity index (χ0) is 13.8. The summed E-state index contributed by atoms with van der Waals surface area (Å²) in [5.74, 6) is 0.0916. The summed E-state index contributed by atoms with van der Waals surface area (Å²) >= 11 is 0. The third-order valence-corrected chi connectivity index (χ3v) is 2.96. The van der Waals surface area contributed by atoms with Crippen molar-refractivity contribution in [1.82, 2.24) is 10.3 Å². The van der Waals surface area contributed by atoms with Crippen LogP contribution in [0.25, 0.3) is 0 Å². The number of carboxylic acids is 1. The number of carbonyl (C=O) groups is 1. The Labute approximate surface area is 111 Å². The Morgan fingerprint density at radius 2 is 2.21 bits per heavy atom. The van der Waals surface area contributed by atoms with Crippen molar-refractivity contribution < 1.29 is 14.3 Å². The second kappa shape index (κ2) is 5.67. The van der Waals surface area contributed by atoms with Gasteiger partial charge in [0.15, 0.2) is 0 Å². The Morgan fingerprint density at radius 3 is 2.84 bits per heavy atom. The lowest BCUT2D eigenvalue weighted by molar-refractivity contribution is 0.0695. The van der Waals surface area contributed by atoms with Gasteiger partial charge in [-0.3, -0.25) is 4.98 Å². The van der Waals surface area contributed by atoms with Crippen LogP contribution in [0.1, 0.15) is 33.0 Å². The van der Waals surface area contributed by atoms with Crippen molar-refractivity contribution >= 4 is 5.97 Å². The van der Waals surface area contributed by atoms with Crippen molar-refractivity contribution in [1.29, 1.82) is 0 Å². The van der Waals surface area contributed by atoms with Gasteiger partial charge in [-0.25, -0.2) is 4.79 Å². The van der Waals surface area contributed by atoms with E-state index in [4.69, 9.17) is 9.52 Å². The molecule has 0 aliphatic heterocycles. The van der Waals surface area contributed by atoms with Crippen molar-refractivity contribution in [3.8, 4) is 0 Å². The van der Waals surface area contributed by atoms with E-state index in [1.54, 1.807) is 19.2 Å². The fourth-order valence-corrected chi connectivity index (χ4v) is 1.85. The summed E-state index contributed by atoms with van der Waals surface area (Å²) in [4.78, 5) is 15.0. The number of aromatic nitrogens is 1. The zero-order valence-electron chi connectivity index (χ0n) is 10.9. The molecule has 0 bridgehead atoms. The second-order valence-electron chi connectivity index (χ2n) is 4.39. The van der Waals surface area contributed by atoms with E-state index >= 15 is 0 Å². The highest BCUT2D eigenvalue weighted by Gasteiger charge is 2.13. The van der Waals surface area contributed by atoms with E-state index in [0.29, 0.717) is 24.6 Å². The molecule has 2 rings (SSSR count). The molecule has 2 N–H and O–H groups in total. The molecule has 0 atom stereocenters. The van der Waals surface area contributed by atoms with Gasteiger partial charge < -0.3 is 14.8 Å². The zero-order valence-corrected chi connectivity index (χ0v) is 10.9. The molecule has 0 saturated carbocycles. The Balaban J connectivity index is 1.95. The highest BCUT2D eigenvalue weighted by molar-refractivity contribution is 5.88. The molecule has 2 aromatic rings. The summed E-state index contributed by atoms with van der Waals surface area (Å²) in [6.07, 6.45) is 3.58. The minimum absolute atomic E-state index is 0.217. The van der Waals surface area contributed by atoms with Crippen LogP contribution in [0.5, 0.6) is 0 Å². The van der Waals surface area contributed by atoms with Crippen LogP contribution in [0.15, 0.2) is 28.9 Å². The van der Waals surface area contributed by atoms with Crippen molar-refractivity contribution in [2.45, 2.75) is 26.9 Å². The normalized spacial score (nSPS) is 10.6. The largest absolute Gasteiger partial charge is 0.478 e. The maximum absolute atomic E-state index is 10.9. The second-order valence-corrected chi connectivity index (χ2v) is 4.39. The lowest BCUT2D eigenvalue weighted by Gasteiger charge is -2.05. The standard InChI is InChI=1S/C14H16N2O3/c1-9-3-4-15-6-11(9)7-16-8-12-5-13(14(17)18)10(2)19-12/h3-6,16H,7-8H2,1-2H3,(H,17,18). The topological polar surface area (TPSA) is 75.4 Å². The van der Waals surface area contributed by atoms with Gasteiger partial charge >= 0.3 is 5.97 Å². The van der Waals surface area contributed by atoms with Crippen LogP contribution in [0.4, 0.5) is 0 Å². The third kappa shape index (κ3) is 3.20. The van der Waals surface area contributed by atoms with Crippen LogP contribution in [0, 0.1) is 13.8 Å². The number of nitrogens with zero attached hydrogens (tertiary/aromatic N) is 1. The van der Waals surface area contributed by atoms with Gasteiger partial charge in [-0.1, -0.05) is 0 Å². The van der Waals surface area contributed by atoms with Gasteiger partial charge in [0.2, 0.25) is 0 Å². The molecule has 0 aliphatic carbocycles. The van der Waals surface area contributed by atoms with Crippen LogP contribution in [-0.2, 0) is 13.1 Å². The van der Waals surface area contributed by atoms with E-state index in [1.165, 1.54) is 5.56 Å². The molecule has 0 aliphatic rings. The molecule has 0 amide bonds. The van der Waals surface area contributed by atoms with E-state index in [-0.39, 0.29) is 5.56 Å². The Kier molecular flexibility index (Phi) is 3.97. The SMILES string of the molecule is Cc1ccncc1CNCc1cc(C(=O)O)c(C)o1. The summed E-state index contributed by atoms with van der Waals surface area (Å²) in [6.45, 7) is 4.83. The number of furan rings is 1. The van der Waals surface area contributed by atoms with Gasteiger partial charge in [0.1, 0.15) is 17.1 Å². The van der Waals surface area contributed by atoms with Crippen molar-refractivity contribution in [3.63, 3.8) is 0 Å². The van der Waals surface area contributed by atoms with E-state index in [0.717, 1.165) is 5.56 Å². The average molecular weight is 260 g/mol. The molecule has 0 saturated heterocycles. The fraction of sp³-hybridized carbons (Fsp3) is 0.286. The van der Waals surface area contributed by atoms with Gasteiger partial charge in [0.05, 0.1) is 6.54 Å². The first kappa shape index (κ1) is 13.3. The lowest BCUT2D eigenvalue weighted by atomic mass is 10.1. The predicted octanol–water partition coefficient (Wildman–Crippen LogP) is 2.28. The molecule has 5 nitrogen and oxygen atoms in total. The molecular formula is C14H16N2O3. The smallest absolute Gasteiger partial charge is 0.339 e. The van der Waals surface area contributed by atoms with E-state index in [9.17, 15) is 4.79 Å². The van der Waals surface area contributed by atoms with Gasteiger partial charge in [0, 0.05) is 18.9 Å². The number of aryl methyl sites for hydroxylation is 2. The third-order valence-electron chi connectivity index (χ3n) is 2.96. The summed E-state index contributed by atoms with van der Waals surface area (Å²) in [5, 5.41) is 12.1. The van der Waals surface area contributed by atoms with Crippen LogP contribution >= 0.6 is 0 Å².